The molecule has 1 N–H and O–H groups in total. The second kappa shape index (κ2) is 5.46. The number of rotatable bonds is 3. The predicted molar refractivity (Wildman–Crippen MR) is 66.5 cm³/mol. The van der Waals surface area contributed by atoms with Crippen LogP contribution in [0.25, 0.3) is 0 Å². The Morgan fingerprint density at radius 2 is 2.25 bits per heavy atom. The van der Waals surface area contributed by atoms with Crippen molar-refractivity contribution in [3.05, 3.63) is 34.9 Å². The van der Waals surface area contributed by atoms with Crippen molar-refractivity contribution in [3.63, 3.8) is 0 Å². The zero-order valence-corrected chi connectivity index (χ0v) is 10.1. The summed E-state index contributed by atoms with van der Waals surface area (Å²) in [5.74, 6) is 0. The third-order valence-corrected chi connectivity index (χ3v) is 3.39. The molecule has 1 aliphatic rings. The molecule has 0 saturated heterocycles. The molecule has 0 saturated carbocycles. The van der Waals surface area contributed by atoms with Crippen molar-refractivity contribution in [3.8, 4) is 0 Å². The summed E-state index contributed by atoms with van der Waals surface area (Å²) in [4.78, 5) is 2.40. The van der Waals surface area contributed by atoms with E-state index in [1.165, 1.54) is 36.1 Å². The summed E-state index contributed by atoms with van der Waals surface area (Å²) in [5.41, 5.74) is 4.45. The van der Waals surface area contributed by atoms with E-state index in [2.05, 4.69) is 30.1 Å². The quantitative estimate of drug-likeness (QED) is 0.840. The Labute approximate surface area is 97.9 Å². The number of hydrogen-bond acceptors (Lipinski definition) is 2. The molecule has 0 radical (unpaired) electrons. The molecule has 1 aromatic carbocycles. The van der Waals surface area contributed by atoms with Crippen LogP contribution in [0.1, 0.15) is 29.5 Å². The Morgan fingerprint density at radius 1 is 1.38 bits per heavy atom. The van der Waals surface area contributed by atoms with Crippen molar-refractivity contribution in [1.82, 2.24) is 4.90 Å². The highest BCUT2D eigenvalue weighted by atomic mass is 16.2. The first-order chi connectivity index (χ1) is 7.81. The number of aliphatic hydroxyl groups is 1. The van der Waals surface area contributed by atoms with Gasteiger partial charge >= 0.3 is 0 Å². The Balaban J connectivity index is 2.25. The van der Waals surface area contributed by atoms with Crippen molar-refractivity contribution in [2.45, 2.75) is 32.2 Å². The molecule has 0 fully saturated rings. The monoisotopic (exact) mass is 219 g/mol. The minimum Gasteiger partial charge on any atom is -0.396 e. The Kier molecular flexibility index (Phi) is 3.97. The van der Waals surface area contributed by atoms with Gasteiger partial charge in [0.15, 0.2) is 0 Å². The molecule has 0 bridgehead atoms. The molecule has 0 spiro atoms. The topological polar surface area (TPSA) is 23.5 Å². The number of fused-ring (bicyclic) bond motifs is 1. The lowest BCUT2D eigenvalue weighted by Crippen LogP contribution is -2.18. The lowest BCUT2D eigenvalue weighted by Gasteiger charge is -2.16. The summed E-state index contributed by atoms with van der Waals surface area (Å²) in [5, 5.41) is 8.93. The average molecular weight is 219 g/mol. The van der Waals surface area contributed by atoms with Gasteiger partial charge in [0.05, 0.1) is 0 Å². The molecule has 16 heavy (non-hydrogen) atoms. The van der Waals surface area contributed by atoms with E-state index in [1.807, 2.05) is 0 Å². The van der Waals surface area contributed by atoms with Gasteiger partial charge in [0.25, 0.3) is 0 Å². The second-order valence-electron chi connectivity index (χ2n) is 4.72. The fourth-order valence-electron chi connectivity index (χ4n) is 2.52. The number of benzene rings is 1. The van der Waals surface area contributed by atoms with Crippen LogP contribution in [0.2, 0.25) is 0 Å². The van der Waals surface area contributed by atoms with Gasteiger partial charge < -0.3 is 10.0 Å². The first kappa shape index (κ1) is 11.6. The molecule has 2 heteroatoms. The second-order valence-corrected chi connectivity index (χ2v) is 4.72. The highest BCUT2D eigenvalue weighted by molar-refractivity contribution is 5.36. The van der Waals surface area contributed by atoms with Gasteiger partial charge in [0.1, 0.15) is 0 Å². The van der Waals surface area contributed by atoms with Crippen LogP contribution < -0.4 is 0 Å². The molecular weight excluding hydrogens is 198 g/mol. The summed E-state index contributed by atoms with van der Waals surface area (Å²) in [6.45, 7) is 2.55. The number of aliphatic hydroxyl groups excluding tert-OH is 1. The van der Waals surface area contributed by atoms with Crippen LogP contribution >= 0.6 is 0 Å². The molecule has 2 rings (SSSR count). The van der Waals surface area contributed by atoms with E-state index in [4.69, 9.17) is 5.11 Å². The van der Waals surface area contributed by atoms with E-state index in [1.54, 1.807) is 0 Å². The van der Waals surface area contributed by atoms with Crippen LogP contribution in [-0.2, 0) is 19.4 Å². The Hall–Kier alpha value is -0.860. The molecular formula is C14H21NO. The molecule has 0 aromatic heterocycles. The molecule has 1 heterocycles. The molecule has 0 amide bonds. The van der Waals surface area contributed by atoms with E-state index in [0.717, 1.165) is 19.4 Å². The van der Waals surface area contributed by atoms with E-state index < -0.39 is 0 Å². The van der Waals surface area contributed by atoms with E-state index >= 15 is 0 Å². The Bertz CT molecular complexity index is 349. The summed E-state index contributed by atoms with van der Waals surface area (Å²) in [7, 11) is 2.19. The van der Waals surface area contributed by atoms with Crippen molar-refractivity contribution in [1.29, 1.82) is 0 Å². The van der Waals surface area contributed by atoms with Crippen molar-refractivity contribution in [2.75, 3.05) is 20.2 Å². The minimum atomic E-state index is 0.291. The maximum absolute atomic E-state index is 8.93. The summed E-state index contributed by atoms with van der Waals surface area (Å²) >= 11 is 0. The van der Waals surface area contributed by atoms with Crippen LogP contribution in [0.15, 0.2) is 18.2 Å². The fourth-order valence-corrected chi connectivity index (χ4v) is 2.52. The van der Waals surface area contributed by atoms with Crippen LogP contribution in [-0.4, -0.2) is 30.2 Å². The van der Waals surface area contributed by atoms with Gasteiger partial charge in [-0.1, -0.05) is 18.2 Å². The zero-order valence-electron chi connectivity index (χ0n) is 10.1. The molecule has 1 aliphatic heterocycles. The molecule has 2 nitrogen and oxygen atoms in total. The van der Waals surface area contributed by atoms with Gasteiger partial charge in [0, 0.05) is 13.2 Å². The van der Waals surface area contributed by atoms with Crippen LogP contribution in [0.3, 0.4) is 0 Å². The smallest absolute Gasteiger partial charge is 0.0434 e. The molecule has 1 aromatic rings. The highest BCUT2D eigenvalue weighted by Gasteiger charge is 2.14. The zero-order chi connectivity index (χ0) is 11.4. The predicted octanol–water partition coefficient (Wildman–Crippen LogP) is 1.99. The lowest BCUT2D eigenvalue weighted by molar-refractivity contribution is 0.288. The largest absolute Gasteiger partial charge is 0.396 e. The van der Waals surface area contributed by atoms with Crippen molar-refractivity contribution < 1.29 is 5.11 Å². The maximum atomic E-state index is 8.93. The summed E-state index contributed by atoms with van der Waals surface area (Å²) < 4.78 is 0. The molecule has 0 atom stereocenters. The van der Waals surface area contributed by atoms with Gasteiger partial charge in [-0.25, -0.2) is 0 Å². The van der Waals surface area contributed by atoms with Crippen LogP contribution in [0.4, 0.5) is 0 Å². The average Bonchev–Trinajstić information content (AvgIpc) is 2.47. The minimum absolute atomic E-state index is 0.291. The lowest BCUT2D eigenvalue weighted by atomic mass is 9.96. The van der Waals surface area contributed by atoms with Gasteiger partial charge in [-0.05, 0) is 56.0 Å². The number of nitrogens with zero attached hydrogens (tertiary/aromatic N) is 1. The number of aryl methyl sites for hydroxylation is 2. The van der Waals surface area contributed by atoms with Crippen molar-refractivity contribution in [2.24, 2.45) is 0 Å². The normalized spacial score (nSPS) is 16.9. The van der Waals surface area contributed by atoms with E-state index in [0.29, 0.717) is 6.61 Å². The Morgan fingerprint density at radius 3 is 3.06 bits per heavy atom. The first-order valence-corrected chi connectivity index (χ1v) is 6.20. The van der Waals surface area contributed by atoms with E-state index in [-0.39, 0.29) is 0 Å². The third-order valence-electron chi connectivity index (χ3n) is 3.39. The van der Waals surface area contributed by atoms with Crippen LogP contribution in [0, 0.1) is 0 Å². The van der Waals surface area contributed by atoms with Gasteiger partial charge in [-0.15, -0.1) is 0 Å². The number of hydrogen-bond donors (Lipinski definition) is 1. The maximum Gasteiger partial charge on any atom is 0.0434 e. The first-order valence-electron chi connectivity index (χ1n) is 6.20. The van der Waals surface area contributed by atoms with Gasteiger partial charge in [-0.3, -0.25) is 0 Å². The molecule has 0 aliphatic carbocycles. The molecule has 88 valence electrons. The molecule has 0 unspecified atom stereocenters. The summed E-state index contributed by atoms with van der Waals surface area (Å²) in [6.07, 6.45) is 4.34. The summed E-state index contributed by atoms with van der Waals surface area (Å²) in [6, 6.07) is 6.64. The van der Waals surface area contributed by atoms with Crippen molar-refractivity contribution >= 4 is 0 Å². The fraction of sp³-hybridized carbons (Fsp3) is 0.571. The van der Waals surface area contributed by atoms with Gasteiger partial charge in [-0.2, -0.15) is 0 Å². The van der Waals surface area contributed by atoms with Crippen LogP contribution in [0.5, 0.6) is 0 Å². The SMILES string of the molecule is CN1CCCc2cccc(CCCO)c2C1. The highest BCUT2D eigenvalue weighted by Crippen LogP contribution is 2.22. The van der Waals surface area contributed by atoms with Gasteiger partial charge in [0.2, 0.25) is 0 Å². The van der Waals surface area contributed by atoms with E-state index in [9.17, 15) is 0 Å². The standard InChI is InChI=1S/C14H21NO/c1-15-9-3-7-12-5-2-6-13(8-4-10-16)14(12)11-15/h2,5-6,16H,3-4,7-11H2,1H3. The third kappa shape index (κ3) is 2.63.